The monoisotopic (exact) mass is 390 g/mol. The molecule has 1 aliphatic heterocycles. The summed E-state index contributed by atoms with van der Waals surface area (Å²) < 4.78 is 18.6. The van der Waals surface area contributed by atoms with Gasteiger partial charge in [0.05, 0.1) is 28.6 Å². The highest BCUT2D eigenvalue weighted by atomic mass is 79.9. The second-order valence-electron chi connectivity index (χ2n) is 4.45. The summed E-state index contributed by atoms with van der Waals surface area (Å²) in [5.74, 6) is -1.08. The quantitative estimate of drug-likeness (QED) is 0.612. The van der Waals surface area contributed by atoms with Crippen LogP contribution in [-0.2, 0) is 9.53 Å². The number of carbonyl (C=O) groups excluding carboxylic acids is 2. The van der Waals surface area contributed by atoms with Gasteiger partial charge in [-0.15, -0.1) is 11.6 Å². The van der Waals surface area contributed by atoms with Crippen LogP contribution in [0.4, 0.5) is 9.18 Å². The molecule has 118 valence electrons. The molecule has 0 radical (unpaired) electrons. The molecule has 0 unspecified atom stereocenters. The van der Waals surface area contributed by atoms with E-state index in [2.05, 4.69) is 26.6 Å². The molecule has 0 bridgehead atoms. The average molecular weight is 392 g/mol. The largest absolute Gasteiger partial charge is 0.463 e. The number of urea groups is 1. The highest BCUT2D eigenvalue weighted by molar-refractivity contribution is 9.10. The molecule has 1 heterocycles. The fourth-order valence-electron chi connectivity index (χ4n) is 2.12. The van der Waals surface area contributed by atoms with Crippen LogP contribution in [0.15, 0.2) is 33.9 Å². The van der Waals surface area contributed by atoms with Crippen LogP contribution in [0.2, 0.25) is 0 Å². The third-order valence-corrected chi connectivity index (χ3v) is 3.93. The molecule has 2 N–H and O–H groups in total. The molecule has 8 heteroatoms. The number of halogens is 3. The number of allylic oxidation sites excluding steroid dienone is 1. The van der Waals surface area contributed by atoms with E-state index in [0.29, 0.717) is 5.56 Å². The van der Waals surface area contributed by atoms with E-state index in [-0.39, 0.29) is 28.2 Å². The summed E-state index contributed by atoms with van der Waals surface area (Å²) in [4.78, 5) is 23.9. The summed E-state index contributed by atoms with van der Waals surface area (Å²) in [5, 5.41) is 5.11. The number of hydrogen-bond donors (Lipinski definition) is 2. The third-order valence-electron chi connectivity index (χ3n) is 3.06. The minimum atomic E-state index is -0.765. The van der Waals surface area contributed by atoms with Crippen molar-refractivity contribution in [2.75, 3.05) is 12.5 Å². The van der Waals surface area contributed by atoms with E-state index < -0.39 is 23.9 Å². The standard InChI is InChI=1S/C14H13BrClFN2O3/c1-2-22-13(20)11-10(6-16)18-14(21)19-12(11)7-3-4-9(17)8(15)5-7/h3-5,12H,2,6H2,1H3,(H2,18,19,21)/t12-/m1/s1. The lowest BCUT2D eigenvalue weighted by atomic mass is 9.95. The molecule has 0 spiro atoms. The summed E-state index contributed by atoms with van der Waals surface area (Å²) in [7, 11) is 0. The first-order chi connectivity index (χ1) is 10.5. The minimum Gasteiger partial charge on any atom is -0.463 e. The molecule has 22 heavy (non-hydrogen) atoms. The van der Waals surface area contributed by atoms with Crippen LogP contribution >= 0.6 is 27.5 Å². The van der Waals surface area contributed by atoms with Crippen molar-refractivity contribution in [2.45, 2.75) is 13.0 Å². The molecule has 1 aliphatic rings. The maximum absolute atomic E-state index is 13.4. The lowest BCUT2D eigenvalue weighted by Crippen LogP contribution is -2.46. The van der Waals surface area contributed by atoms with Crippen molar-refractivity contribution in [3.63, 3.8) is 0 Å². The SMILES string of the molecule is CCOC(=O)C1=C(CCl)NC(=O)N[C@@H]1c1ccc(F)c(Br)c1. The van der Waals surface area contributed by atoms with Gasteiger partial charge in [0.25, 0.3) is 0 Å². The van der Waals surface area contributed by atoms with Crippen molar-refractivity contribution < 1.29 is 18.7 Å². The number of esters is 1. The van der Waals surface area contributed by atoms with Gasteiger partial charge in [-0.1, -0.05) is 6.07 Å². The zero-order chi connectivity index (χ0) is 16.3. The number of alkyl halides is 1. The van der Waals surface area contributed by atoms with Crippen LogP contribution < -0.4 is 10.6 Å². The van der Waals surface area contributed by atoms with Gasteiger partial charge in [0.2, 0.25) is 0 Å². The lowest BCUT2D eigenvalue weighted by Gasteiger charge is -2.28. The van der Waals surface area contributed by atoms with E-state index in [9.17, 15) is 14.0 Å². The minimum absolute atomic E-state index is 0.0551. The molecule has 0 aliphatic carbocycles. The maximum Gasteiger partial charge on any atom is 0.338 e. The topological polar surface area (TPSA) is 67.4 Å². The van der Waals surface area contributed by atoms with E-state index in [4.69, 9.17) is 16.3 Å². The summed E-state index contributed by atoms with van der Waals surface area (Å²) in [6.45, 7) is 1.86. The number of nitrogens with one attached hydrogen (secondary N) is 2. The Labute approximate surface area is 140 Å². The maximum atomic E-state index is 13.4. The number of amides is 2. The van der Waals surface area contributed by atoms with Crippen molar-refractivity contribution in [1.29, 1.82) is 0 Å². The van der Waals surface area contributed by atoms with Gasteiger partial charge in [0.15, 0.2) is 0 Å². The van der Waals surface area contributed by atoms with Crippen LogP contribution in [0, 0.1) is 5.82 Å². The predicted octanol–water partition coefficient (Wildman–Crippen LogP) is 3.00. The van der Waals surface area contributed by atoms with Gasteiger partial charge in [-0.05, 0) is 40.5 Å². The van der Waals surface area contributed by atoms with Crippen LogP contribution in [0.5, 0.6) is 0 Å². The zero-order valence-corrected chi connectivity index (χ0v) is 13.9. The molecule has 0 aromatic heterocycles. The summed E-state index contributed by atoms with van der Waals surface area (Å²) >= 11 is 8.90. The molecule has 1 aromatic carbocycles. The molecule has 1 atom stereocenters. The van der Waals surface area contributed by atoms with Gasteiger partial charge in [0.1, 0.15) is 5.82 Å². The van der Waals surface area contributed by atoms with Crippen molar-refractivity contribution in [2.24, 2.45) is 0 Å². The van der Waals surface area contributed by atoms with Crippen molar-refractivity contribution in [1.82, 2.24) is 10.6 Å². The Hall–Kier alpha value is -1.60. The number of hydrogen-bond acceptors (Lipinski definition) is 3. The summed E-state index contributed by atoms with van der Waals surface area (Å²) in [6, 6.07) is 2.97. The summed E-state index contributed by atoms with van der Waals surface area (Å²) in [5.41, 5.74) is 1.01. The van der Waals surface area contributed by atoms with Gasteiger partial charge < -0.3 is 15.4 Å². The molecule has 2 rings (SSSR count). The number of ether oxygens (including phenoxy) is 1. The van der Waals surface area contributed by atoms with E-state index in [1.807, 2.05) is 0 Å². The first-order valence-electron chi connectivity index (χ1n) is 6.46. The van der Waals surface area contributed by atoms with E-state index in [1.54, 1.807) is 6.92 Å². The first-order valence-corrected chi connectivity index (χ1v) is 7.79. The highest BCUT2D eigenvalue weighted by Gasteiger charge is 2.33. The van der Waals surface area contributed by atoms with Crippen LogP contribution in [0.1, 0.15) is 18.5 Å². The van der Waals surface area contributed by atoms with E-state index in [1.165, 1.54) is 18.2 Å². The lowest BCUT2D eigenvalue weighted by molar-refractivity contribution is -0.139. The summed E-state index contributed by atoms with van der Waals surface area (Å²) in [6.07, 6.45) is 0. The predicted molar refractivity (Wildman–Crippen MR) is 82.9 cm³/mol. The molecule has 2 amide bonds. The molecule has 5 nitrogen and oxygen atoms in total. The Morgan fingerprint density at radius 1 is 1.50 bits per heavy atom. The fourth-order valence-corrected chi connectivity index (χ4v) is 2.72. The van der Waals surface area contributed by atoms with E-state index >= 15 is 0 Å². The Balaban J connectivity index is 2.51. The Morgan fingerprint density at radius 2 is 2.23 bits per heavy atom. The van der Waals surface area contributed by atoms with Gasteiger partial charge in [0, 0.05) is 5.70 Å². The smallest absolute Gasteiger partial charge is 0.338 e. The van der Waals surface area contributed by atoms with Gasteiger partial charge >= 0.3 is 12.0 Å². The van der Waals surface area contributed by atoms with Crippen molar-refractivity contribution >= 4 is 39.5 Å². The molecule has 0 saturated heterocycles. The van der Waals surface area contributed by atoms with Crippen LogP contribution in [-0.4, -0.2) is 24.5 Å². The number of carbonyl (C=O) groups is 2. The number of benzene rings is 1. The first kappa shape index (κ1) is 16.8. The molecular formula is C14H13BrClFN2O3. The van der Waals surface area contributed by atoms with Crippen LogP contribution in [0.3, 0.4) is 0 Å². The fraction of sp³-hybridized carbons (Fsp3) is 0.286. The molecule has 0 fully saturated rings. The Kier molecular flexibility index (Phi) is 5.42. The van der Waals surface area contributed by atoms with Gasteiger partial charge in [-0.3, -0.25) is 0 Å². The molecule has 0 saturated carbocycles. The number of rotatable bonds is 4. The second-order valence-corrected chi connectivity index (χ2v) is 5.57. The van der Waals surface area contributed by atoms with Gasteiger partial charge in [-0.2, -0.15) is 0 Å². The second kappa shape index (κ2) is 7.11. The third kappa shape index (κ3) is 3.41. The average Bonchev–Trinajstić information content (AvgIpc) is 2.49. The molecule has 1 aromatic rings. The van der Waals surface area contributed by atoms with Crippen LogP contribution in [0.25, 0.3) is 0 Å². The Bertz CT molecular complexity index is 651. The molecular weight excluding hydrogens is 379 g/mol. The Morgan fingerprint density at radius 3 is 2.82 bits per heavy atom. The normalized spacial score (nSPS) is 17.8. The zero-order valence-electron chi connectivity index (χ0n) is 11.6. The van der Waals surface area contributed by atoms with Crippen molar-refractivity contribution in [3.05, 3.63) is 45.3 Å². The highest BCUT2D eigenvalue weighted by Crippen LogP contribution is 2.30. The van der Waals surface area contributed by atoms with E-state index in [0.717, 1.165) is 0 Å². The van der Waals surface area contributed by atoms with Crippen molar-refractivity contribution in [3.8, 4) is 0 Å². The van der Waals surface area contributed by atoms with Gasteiger partial charge in [-0.25, -0.2) is 14.0 Å².